The van der Waals surface area contributed by atoms with E-state index >= 15 is 0 Å². The zero-order valence-corrected chi connectivity index (χ0v) is 10.6. The molecule has 0 saturated carbocycles. The Morgan fingerprint density at radius 1 is 1.44 bits per heavy atom. The smallest absolute Gasteiger partial charge is 0.251 e. The third kappa shape index (κ3) is 1.78. The van der Waals surface area contributed by atoms with E-state index in [9.17, 15) is 4.79 Å². The zero-order valence-electron chi connectivity index (χ0n) is 9.80. The Bertz CT molecular complexity index is 532. The van der Waals surface area contributed by atoms with Crippen molar-refractivity contribution in [2.24, 2.45) is 0 Å². The van der Waals surface area contributed by atoms with Gasteiger partial charge in [0.05, 0.1) is 6.54 Å². The maximum atomic E-state index is 11.9. The first-order valence-corrected chi connectivity index (χ1v) is 6.06. The lowest BCUT2D eigenvalue weighted by Crippen LogP contribution is -2.30. The molecule has 1 N–H and O–H groups in total. The lowest BCUT2D eigenvalue weighted by atomic mass is 10.2. The van der Waals surface area contributed by atoms with Crippen LogP contribution in [0.1, 0.15) is 12.5 Å². The molecule has 2 heterocycles. The first-order valence-electron chi connectivity index (χ1n) is 5.65. The van der Waals surface area contributed by atoms with Gasteiger partial charge in [0.25, 0.3) is 5.91 Å². The summed E-state index contributed by atoms with van der Waals surface area (Å²) in [6, 6.07) is 5.39. The molecule has 0 radical (unpaired) electrons. The molecule has 1 fully saturated rings. The van der Waals surface area contributed by atoms with E-state index in [1.807, 2.05) is 18.2 Å². The molecule has 1 unspecified atom stereocenters. The quantitative estimate of drug-likeness (QED) is 0.808. The first kappa shape index (κ1) is 11.3. The fourth-order valence-corrected chi connectivity index (χ4v) is 2.36. The van der Waals surface area contributed by atoms with Crippen LogP contribution in [-0.4, -0.2) is 28.8 Å². The molecule has 5 nitrogen and oxygen atoms in total. The van der Waals surface area contributed by atoms with Gasteiger partial charge in [-0.2, -0.15) is 0 Å². The minimum absolute atomic E-state index is 0.00216. The maximum Gasteiger partial charge on any atom is 0.251 e. The average Bonchev–Trinajstić information content (AvgIpc) is 2.89. The Hall–Kier alpha value is -1.82. The molecule has 1 atom stereocenters. The van der Waals surface area contributed by atoms with Crippen LogP contribution in [0.25, 0.3) is 0 Å². The van der Waals surface area contributed by atoms with Gasteiger partial charge in [-0.15, -0.1) is 0 Å². The van der Waals surface area contributed by atoms with Crippen molar-refractivity contribution >= 4 is 23.2 Å². The van der Waals surface area contributed by atoms with Crippen LogP contribution in [0.15, 0.2) is 18.2 Å². The van der Waals surface area contributed by atoms with E-state index in [-0.39, 0.29) is 18.7 Å². The lowest BCUT2D eigenvalue weighted by molar-refractivity contribution is -0.127. The van der Waals surface area contributed by atoms with Crippen molar-refractivity contribution in [3.8, 4) is 11.5 Å². The molecule has 94 valence electrons. The minimum atomic E-state index is -0.244. The molecule has 1 amide bonds. The number of carbonyl (C=O) groups excluding carboxylic acids is 1. The average molecular weight is 264 g/mol. The third-order valence-corrected chi connectivity index (χ3v) is 3.34. The minimum Gasteiger partial charge on any atom is -0.454 e. The number of fused-ring (bicyclic) bond motifs is 1. The highest BCUT2D eigenvalue weighted by Gasteiger charge is 2.32. The van der Waals surface area contributed by atoms with E-state index in [2.05, 4.69) is 5.32 Å². The standard InChI is InChI=1S/C12H12N2O3S/c1-7-11(15)14(12(18)13-7)5-8-2-3-9-10(4-8)17-6-16-9/h2-4,7H,5-6H2,1H3,(H,13,18). The SMILES string of the molecule is CC1NC(=S)N(Cc2ccc3c(c2)OCO3)C1=O. The molecule has 0 bridgehead atoms. The normalized spacial score (nSPS) is 21.4. The highest BCUT2D eigenvalue weighted by molar-refractivity contribution is 7.80. The summed E-state index contributed by atoms with van der Waals surface area (Å²) in [6.07, 6.45) is 0. The van der Waals surface area contributed by atoms with Gasteiger partial charge in [0.2, 0.25) is 6.79 Å². The molecule has 1 aromatic carbocycles. The van der Waals surface area contributed by atoms with Crippen LogP contribution in [0.3, 0.4) is 0 Å². The van der Waals surface area contributed by atoms with E-state index in [4.69, 9.17) is 21.7 Å². The third-order valence-electron chi connectivity index (χ3n) is 3.00. The molecule has 6 heteroatoms. The fraction of sp³-hybridized carbons (Fsp3) is 0.333. The second kappa shape index (κ2) is 4.13. The van der Waals surface area contributed by atoms with Crippen molar-refractivity contribution in [3.05, 3.63) is 23.8 Å². The van der Waals surface area contributed by atoms with E-state index in [1.54, 1.807) is 11.8 Å². The van der Waals surface area contributed by atoms with Gasteiger partial charge in [0, 0.05) is 0 Å². The molecule has 0 aliphatic carbocycles. The van der Waals surface area contributed by atoms with Gasteiger partial charge in [-0.25, -0.2) is 0 Å². The summed E-state index contributed by atoms with van der Waals surface area (Å²) < 4.78 is 10.5. The first-order chi connectivity index (χ1) is 8.65. The van der Waals surface area contributed by atoms with Crippen molar-refractivity contribution in [1.29, 1.82) is 0 Å². The van der Waals surface area contributed by atoms with Crippen LogP contribution in [0.2, 0.25) is 0 Å². The number of nitrogens with one attached hydrogen (secondary N) is 1. The predicted octanol–water partition coefficient (Wildman–Crippen LogP) is 1.02. The molecule has 3 rings (SSSR count). The number of rotatable bonds is 2. The summed E-state index contributed by atoms with van der Waals surface area (Å²) in [7, 11) is 0. The molecule has 0 spiro atoms. The van der Waals surface area contributed by atoms with Crippen molar-refractivity contribution in [2.75, 3.05) is 6.79 Å². The van der Waals surface area contributed by atoms with E-state index in [0.717, 1.165) is 11.3 Å². The summed E-state index contributed by atoms with van der Waals surface area (Å²) in [5.74, 6) is 1.45. The Labute approximate surface area is 110 Å². The van der Waals surface area contributed by atoms with E-state index < -0.39 is 0 Å². The van der Waals surface area contributed by atoms with Crippen LogP contribution in [0, 0.1) is 0 Å². The summed E-state index contributed by atoms with van der Waals surface area (Å²) >= 11 is 5.13. The van der Waals surface area contributed by atoms with Gasteiger partial charge in [0.1, 0.15) is 6.04 Å². The van der Waals surface area contributed by atoms with Crippen molar-refractivity contribution in [2.45, 2.75) is 19.5 Å². The van der Waals surface area contributed by atoms with Gasteiger partial charge in [-0.1, -0.05) is 6.07 Å². The largest absolute Gasteiger partial charge is 0.454 e. The summed E-state index contributed by atoms with van der Waals surface area (Å²) in [6.45, 7) is 2.50. The highest BCUT2D eigenvalue weighted by Crippen LogP contribution is 2.33. The van der Waals surface area contributed by atoms with Gasteiger partial charge in [-0.05, 0) is 36.8 Å². The Morgan fingerprint density at radius 2 is 2.22 bits per heavy atom. The van der Waals surface area contributed by atoms with Crippen LogP contribution in [0.4, 0.5) is 0 Å². The van der Waals surface area contributed by atoms with Crippen LogP contribution in [0.5, 0.6) is 11.5 Å². The molecule has 1 saturated heterocycles. The molecular formula is C12H12N2O3S. The topological polar surface area (TPSA) is 50.8 Å². The molecule has 0 aromatic heterocycles. The molecule has 2 aliphatic heterocycles. The zero-order chi connectivity index (χ0) is 12.7. The van der Waals surface area contributed by atoms with Crippen molar-refractivity contribution in [1.82, 2.24) is 10.2 Å². The number of amides is 1. The second-order valence-corrected chi connectivity index (χ2v) is 4.67. The summed E-state index contributed by atoms with van der Waals surface area (Å²) in [5, 5.41) is 3.42. The van der Waals surface area contributed by atoms with Gasteiger partial charge < -0.3 is 14.8 Å². The van der Waals surface area contributed by atoms with Crippen molar-refractivity contribution in [3.63, 3.8) is 0 Å². The van der Waals surface area contributed by atoms with E-state index in [1.165, 1.54) is 0 Å². The number of nitrogens with zero attached hydrogens (tertiary/aromatic N) is 1. The molecule has 2 aliphatic rings. The Kier molecular flexibility index (Phi) is 2.59. The Morgan fingerprint density at radius 3 is 2.94 bits per heavy atom. The fourth-order valence-electron chi connectivity index (χ4n) is 2.03. The number of benzene rings is 1. The molecule has 18 heavy (non-hydrogen) atoms. The highest BCUT2D eigenvalue weighted by atomic mass is 32.1. The second-order valence-electron chi connectivity index (χ2n) is 4.28. The number of hydrogen-bond donors (Lipinski definition) is 1. The summed E-state index contributed by atoms with van der Waals surface area (Å²) in [5.41, 5.74) is 0.964. The van der Waals surface area contributed by atoms with Gasteiger partial charge in [-0.3, -0.25) is 9.69 Å². The van der Waals surface area contributed by atoms with Crippen LogP contribution < -0.4 is 14.8 Å². The van der Waals surface area contributed by atoms with Gasteiger partial charge >= 0.3 is 0 Å². The number of thiocarbonyl (C=S) groups is 1. The number of hydrogen-bond acceptors (Lipinski definition) is 4. The Balaban J connectivity index is 1.81. The monoisotopic (exact) mass is 264 g/mol. The van der Waals surface area contributed by atoms with Gasteiger partial charge in [0.15, 0.2) is 16.6 Å². The molecule has 1 aromatic rings. The van der Waals surface area contributed by atoms with Crippen molar-refractivity contribution < 1.29 is 14.3 Å². The molecular weight excluding hydrogens is 252 g/mol. The van der Waals surface area contributed by atoms with Crippen LogP contribution >= 0.6 is 12.2 Å². The summed E-state index contributed by atoms with van der Waals surface area (Å²) in [4.78, 5) is 13.4. The lowest BCUT2D eigenvalue weighted by Gasteiger charge is -2.14. The predicted molar refractivity (Wildman–Crippen MR) is 68.3 cm³/mol. The number of carbonyl (C=O) groups is 1. The van der Waals surface area contributed by atoms with E-state index in [0.29, 0.717) is 17.4 Å². The maximum absolute atomic E-state index is 11.9. The van der Waals surface area contributed by atoms with Crippen LogP contribution in [-0.2, 0) is 11.3 Å². The number of ether oxygens (including phenoxy) is 2.